The number of carboxylic acid groups (broad SMARTS) is 1. The van der Waals surface area contributed by atoms with E-state index in [9.17, 15) is 9.59 Å². The van der Waals surface area contributed by atoms with Gasteiger partial charge in [0.25, 0.3) is 0 Å². The Morgan fingerprint density at radius 3 is 1.19 bits per heavy atom. The molecule has 0 spiro atoms. The molecule has 0 unspecified atom stereocenters. The number of carbonyl (C=O) groups is 2. The average Bonchev–Trinajstić information content (AvgIpc) is 2.12. The van der Waals surface area contributed by atoms with Crippen LogP contribution in [0, 0.1) is 0 Å². The fraction of sp³-hybridized carbons (Fsp3) is 0.857. The van der Waals surface area contributed by atoms with Crippen LogP contribution in [0.4, 0.5) is 0 Å². The van der Waals surface area contributed by atoms with Crippen molar-refractivity contribution in [2.45, 2.75) is 78.8 Å². The van der Waals surface area contributed by atoms with Crippen molar-refractivity contribution >= 4 is 11.9 Å². The normalized spacial score (nSPS) is 11.1. The summed E-state index contributed by atoms with van der Waals surface area (Å²) in [5.41, 5.74) is -2.95. The Balaban J connectivity index is -0.000000256. The van der Waals surface area contributed by atoms with Crippen molar-refractivity contribution < 1.29 is 34.8 Å². The number of esters is 1. The molecule has 21 heavy (non-hydrogen) atoms. The number of aliphatic hydroxyl groups excluding tert-OH is 1. The molecule has 0 aromatic carbocycles. The smallest absolute Gasteiger partial charge is 0.337 e. The zero-order valence-corrected chi connectivity index (χ0v) is 14.2. The van der Waals surface area contributed by atoms with Gasteiger partial charge in [0.2, 0.25) is 0 Å². The molecule has 0 bridgehead atoms. The highest BCUT2D eigenvalue weighted by molar-refractivity contribution is 5.78. The van der Waals surface area contributed by atoms with Gasteiger partial charge in [-0.3, -0.25) is 0 Å². The summed E-state index contributed by atoms with van der Waals surface area (Å²) in [5, 5.41) is 33.6. The molecule has 0 aromatic heterocycles. The molecule has 0 aliphatic rings. The zero-order valence-electron chi connectivity index (χ0n) is 14.2. The molecule has 0 aliphatic heterocycles. The van der Waals surface area contributed by atoms with Gasteiger partial charge < -0.3 is 25.2 Å². The van der Waals surface area contributed by atoms with Crippen LogP contribution in [0.3, 0.4) is 0 Å². The third-order valence-corrected chi connectivity index (χ3v) is 1.37. The molecule has 0 fully saturated rings. The Bertz CT molecular complexity index is 293. The lowest BCUT2D eigenvalue weighted by atomic mass is 10.1. The van der Waals surface area contributed by atoms with Crippen molar-refractivity contribution in [2.24, 2.45) is 0 Å². The van der Waals surface area contributed by atoms with E-state index in [1.165, 1.54) is 27.7 Å². The summed E-state index contributed by atoms with van der Waals surface area (Å²) < 4.78 is 4.73. The first-order valence-electron chi connectivity index (χ1n) is 6.59. The van der Waals surface area contributed by atoms with Gasteiger partial charge in [-0.05, 0) is 55.4 Å². The van der Waals surface area contributed by atoms with Gasteiger partial charge >= 0.3 is 11.9 Å². The maximum Gasteiger partial charge on any atom is 0.337 e. The maximum absolute atomic E-state index is 10.8. The first-order valence-corrected chi connectivity index (χ1v) is 6.59. The molecule has 0 rings (SSSR count). The summed E-state index contributed by atoms with van der Waals surface area (Å²) in [7, 11) is 0. The van der Waals surface area contributed by atoms with E-state index in [1.54, 1.807) is 27.7 Å². The summed E-state index contributed by atoms with van der Waals surface area (Å²) in [4.78, 5) is 20.6. The van der Waals surface area contributed by atoms with Gasteiger partial charge in [0.05, 0.1) is 6.10 Å². The van der Waals surface area contributed by atoms with Gasteiger partial charge in [0.1, 0.15) is 0 Å². The van der Waals surface area contributed by atoms with Crippen molar-refractivity contribution in [1.82, 2.24) is 0 Å². The average molecular weight is 310 g/mol. The highest BCUT2D eigenvalue weighted by Crippen LogP contribution is 2.05. The minimum absolute atomic E-state index is 0.167. The fourth-order valence-corrected chi connectivity index (χ4v) is 0.358. The topological polar surface area (TPSA) is 124 Å². The van der Waals surface area contributed by atoms with Gasteiger partial charge in [0, 0.05) is 6.10 Å². The SMILES string of the molecule is CC(C)(O)C(=O)O.CC(C)O.CC(C)OC(=O)C(C)(C)O. The molecular formula is C14H30O7. The van der Waals surface area contributed by atoms with Crippen LogP contribution in [-0.4, -0.2) is 55.8 Å². The number of aliphatic hydroxyl groups is 3. The van der Waals surface area contributed by atoms with Crippen LogP contribution in [0.1, 0.15) is 55.4 Å². The first-order chi connectivity index (χ1) is 9.01. The van der Waals surface area contributed by atoms with E-state index in [0.717, 1.165) is 0 Å². The van der Waals surface area contributed by atoms with Crippen molar-refractivity contribution in [3.8, 4) is 0 Å². The minimum atomic E-state index is -1.58. The van der Waals surface area contributed by atoms with Gasteiger partial charge in [-0.2, -0.15) is 0 Å². The van der Waals surface area contributed by atoms with E-state index in [-0.39, 0.29) is 12.2 Å². The Labute approximate surface area is 126 Å². The lowest BCUT2D eigenvalue weighted by molar-refractivity contribution is -0.165. The summed E-state index contributed by atoms with van der Waals surface area (Å²) in [6.45, 7) is 12.2. The summed E-state index contributed by atoms with van der Waals surface area (Å²) in [6, 6.07) is 0. The van der Waals surface area contributed by atoms with Gasteiger partial charge in [-0.15, -0.1) is 0 Å². The number of carboxylic acids is 1. The maximum atomic E-state index is 10.8. The standard InChI is InChI=1S/C7H14O3.C4H8O3.C3H8O/c1-5(2)10-6(8)7(3,4)9;1-4(2,7)3(5)6;1-3(2)4/h5,9H,1-4H3;7H,1-2H3,(H,5,6);3-4H,1-2H3. The van der Waals surface area contributed by atoms with E-state index in [2.05, 4.69) is 0 Å². The van der Waals surface area contributed by atoms with Crippen molar-refractivity contribution in [3.63, 3.8) is 0 Å². The molecule has 7 heteroatoms. The minimum Gasteiger partial charge on any atom is -0.479 e. The van der Waals surface area contributed by atoms with Crippen LogP contribution in [-0.2, 0) is 14.3 Å². The number of hydrogen-bond acceptors (Lipinski definition) is 6. The molecule has 7 nitrogen and oxygen atoms in total. The first kappa shape index (κ1) is 24.8. The van der Waals surface area contributed by atoms with Crippen LogP contribution in [0.15, 0.2) is 0 Å². The fourth-order valence-electron chi connectivity index (χ4n) is 0.358. The van der Waals surface area contributed by atoms with Crippen LogP contribution in [0.2, 0.25) is 0 Å². The third-order valence-electron chi connectivity index (χ3n) is 1.37. The predicted molar refractivity (Wildman–Crippen MR) is 78.8 cm³/mol. The van der Waals surface area contributed by atoms with Crippen molar-refractivity contribution in [3.05, 3.63) is 0 Å². The summed E-state index contributed by atoms with van der Waals surface area (Å²) in [6.07, 6.45) is -0.334. The second-order valence-corrected chi connectivity index (χ2v) is 5.97. The largest absolute Gasteiger partial charge is 0.479 e. The second-order valence-electron chi connectivity index (χ2n) is 5.97. The van der Waals surface area contributed by atoms with Crippen molar-refractivity contribution in [1.29, 1.82) is 0 Å². The lowest BCUT2D eigenvalue weighted by Gasteiger charge is -2.17. The molecule has 0 atom stereocenters. The number of ether oxygens (including phenoxy) is 1. The number of rotatable bonds is 3. The Hall–Kier alpha value is -1.18. The van der Waals surface area contributed by atoms with Crippen LogP contribution in [0.25, 0.3) is 0 Å². The Morgan fingerprint density at radius 2 is 1.14 bits per heavy atom. The molecule has 0 saturated heterocycles. The Kier molecular flexibility index (Phi) is 12.4. The molecule has 0 amide bonds. The third kappa shape index (κ3) is 24.2. The van der Waals surface area contributed by atoms with E-state index in [0.29, 0.717) is 0 Å². The quantitative estimate of drug-likeness (QED) is 0.572. The van der Waals surface area contributed by atoms with E-state index >= 15 is 0 Å². The van der Waals surface area contributed by atoms with Crippen LogP contribution in [0.5, 0.6) is 0 Å². The van der Waals surface area contributed by atoms with E-state index in [1.807, 2.05) is 0 Å². The zero-order chi connectivity index (χ0) is 18.0. The molecule has 0 aliphatic carbocycles. The number of carbonyl (C=O) groups excluding carboxylic acids is 1. The van der Waals surface area contributed by atoms with Gasteiger partial charge in [-0.25, -0.2) is 9.59 Å². The second kappa shape index (κ2) is 10.5. The number of hydrogen-bond donors (Lipinski definition) is 4. The van der Waals surface area contributed by atoms with Gasteiger partial charge in [0.15, 0.2) is 11.2 Å². The molecule has 0 aromatic rings. The molecule has 0 saturated carbocycles. The summed E-state index contributed by atoms with van der Waals surface area (Å²) >= 11 is 0. The molecule has 0 heterocycles. The Morgan fingerprint density at radius 1 is 0.905 bits per heavy atom. The van der Waals surface area contributed by atoms with Crippen LogP contribution < -0.4 is 0 Å². The molecule has 128 valence electrons. The van der Waals surface area contributed by atoms with Crippen LogP contribution >= 0.6 is 0 Å². The highest BCUT2D eigenvalue weighted by Gasteiger charge is 2.26. The monoisotopic (exact) mass is 310 g/mol. The highest BCUT2D eigenvalue weighted by atomic mass is 16.6. The lowest BCUT2D eigenvalue weighted by Crippen LogP contribution is -2.34. The molecular weight excluding hydrogens is 280 g/mol. The number of aliphatic carboxylic acids is 1. The predicted octanol–water partition coefficient (Wildman–Crippen LogP) is 0.938. The molecule has 0 radical (unpaired) electrons. The van der Waals surface area contributed by atoms with Crippen molar-refractivity contribution in [2.75, 3.05) is 0 Å². The van der Waals surface area contributed by atoms with E-state index < -0.39 is 23.1 Å². The van der Waals surface area contributed by atoms with E-state index in [4.69, 9.17) is 25.2 Å². The molecule has 4 N–H and O–H groups in total. The van der Waals surface area contributed by atoms with Gasteiger partial charge in [-0.1, -0.05) is 0 Å². The summed E-state index contributed by atoms with van der Waals surface area (Å²) in [5.74, 6) is -1.78.